The van der Waals surface area contributed by atoms with E-state index in [2.05, 4.69) is 48.9 Å². The largest absolute Gasteiger partial charge is 0.371 e. The first-order valence-corrected chi connectivity index (χ1v) is 11.2. The molecule has 2 aliphatic rings. The smallest absolute Gasteiger partial charge is 0.272 e. The third-order valence-corrected chi connectivity index (χ3v) is 5.91. The van der Waals surface area contributed by atoms with Gasteiger partial charge in [0.15, 0.2) is 0 Å². The number of hydrogen-bond donors (Lipinski definition) is 2. The molecule has 1 fully saturated rings. The monoisotopic (exact) mass is 455 g/mol. The number of benzene rings is 1. The van der Waals surface area contributed by atoms with Crippen LogP contribution in [0.1, 0.15) is 32.8 Å². The van der Waals surface area contributed by atoms with Gasteiger partial charge in [0.1, 0.15) is 18.0 Å². The van der Waals surface area contributed by atoms with Crippen LogP contribution in [0.5, 0.6) is 0 Å². The van der Waals surface area contributed by atoms with Gasteiger partial charge < -0.3 is 15.5 Å². The van der Waals surface area contributed by atoms with Crippen LogP contribution in [0.2, 0.25) is 0 Å². The predicted molar refractivity (Wildman–Crippen MR) is 128 cm³/mol. The van der Waals surface area contributed by atoms with Crippen LogP contribution < -0.4 is 10.6 Å². The number of alkyl halides is 2. The van der Waals surface area contributed by atoms with Crippen LogP contribution in [0.15, 0.2) is 53.7 Å². The minimum absolute atomic E-state index is 0.0824. The van der Waals surface area contributed by atoms with Gasteiger partial charge in [-0.2, -0.15) is 0 Å². The first-order chi connectivity index (χ1) is 15.7. The summed E-state index contributed by atoms with van der Waals surface area (Å²) >= 11 is 0. The van der Waals surface area contributed by atoms with Crippen LogP contribution in [-0.4, -0.2) is 64.4 Å². The number of rotatable bonds is 7. The second kappa shape index (κ2) is 9.43. The number of hydrogen-bond acceptors (Lipinski definition) is 7. The molecule has 0 unspecified atom stereocenters. The molecule has 0 spiro atoms. The van der Waals surface area contributed by atoms with E-state index in [1.54, 1.807) is 12.1 Å². The molecule has 1 aromatic carbocycles. The lowest BCUT2D eigenvalue weighted by atomic mass is 10.1. The van der Waals surface area contributed by atoms with Crippen molar-refractivity contribution in [3.63, 3.8) is 0 Å². The fourth-order valence-electron chi connectivity index (χ4n) is 4.37. The summed E-state index contributed by atoms with van der Waals surface area (Å²) in [5.41, 5.74) is 2.34. The van der Waals surface area contributed by atoms with Gasteiger partial charge in [-0.1, -0.05) is 18.7 Å². The molecular weight excluding hydrogens is 424 g/mol. The lowest BCUT2D eigenvalue weighted by Crippen LogP contribution is -2.48. The van der Waals surface area contributed by atoms with Gasteiger partial charge in [0.2, 0.25) is 0 Å². The Kier molecular flexibility index (Phi) is 6.60. The highest BCUT2D eigenvalue weighted by Gasteiger charge is 2.28. The third-order valence-electron chi connectivity index (χ3n) is 5.91. The molecule has 2 aliphatic heterocycles. The molecule has 2 N–H and O–H groups in total. The molecular formula is C24H31F2N7. The van der Waals surface area contributed by atoms with E-state index in [4.69, 9.17) is 0 Å². The topological polar surface area (TPSA) is 68.7 Å². The molecule has 176 valence electrons. The molecule has 4 rings (SSSR count). The molecule has 1 saturated heterocycles. The van der Waals surface area contributed by atoms with Crippen molar-refractivity contribution >= 4 is 22.6 Å². The Balaban J connectivity index is 1.32. The van der Waals surface area contributed by atoms with Crippen molar-refractivity contribution in [1.29, 1.82) is 0 Å². The summed E-state index contributed by atoms with van der Waals surface area (Å²) in [7, 11) is 0. The summed E-state index contributed by atoms with van der Waals surface area (Å²) in [5, 5.41) is 7.21. The number of allylic oxidation sites excluding steroid dienone is 1. The molecule has 9 heteroatoms. The summed E-state index contributed by atoms with van der Waals surface area (Å²) in [6.45, 7) is 13.4. The van der Waals surface area contributed by atoms with Gasteiger partial charge in [0, 0.05) is 80.7 Å². The van der Waals surface area contributed by atoms with E-state index in [9.17, 15) is 8.78 Å². The van der Waals surface area contributed by atoms with Gasteiger partial charge >= 0.3 is 0 Å². The van der Waals surface area contributed by atoms with Crippen molar-refractivity contribution in [2.24, 2.45) is 4.99 Å². The maximum absolute atomic E-state index is 14.0. The highest BCUT2D eigenvalue weighted by molar-refractivity contribution is 5.91. The molecule has 0 amide bonds. The molecule has 1 atom stereocenters. The number of halogens is 2. The van der Waals surface area contributed by atoms with Gasteiger partial charge in [-0.25, -0.2) is 23.7 Å². The second-order valence-corrected chi connectivity index (χ2v) is 8.92. The summed E-state index contributed by atoms with van der Waals surface area (Å²) < 4.78 is 28.0. The van der Waals surface area contributed by atoms with E-state index in [0.29, 0.717) is 11.2 Å². The number of nitrogens with one attached hydrogen (secondary N) is 2. The van der Waals surface area contributed by atoms with Crippen LogP contribution in [-0.2, 0) is 5.92 Å². The second-order valence-electron chi connectivity index (χ2n) is 8.92. The van der Waals surface area contributed by atoms with Crippen LogP contribution in [0.3, 0.4) is 0 Å². The Morgan fingerprint density at radius 1 is 1.21 bits per heavy atom. The van der Waals surface area contributed by atoms with Crippen LogP contribution >= 0.6 is 0 Å². The highest BCUT2D eigenvalue weighted by Crippen LogP contribution is 2.33. The molecule has 0 bridgehead atoms. The normalized spacial score (nSPS) is 18.2. The van der Waals surface area contributed by atoms with E-state index in [0.717, 1.165) is 57.6 Å². The van der Waals surface area contributed by atoms with E-state index < -0.39 is 5.92 Å². The minimum Gasteiger partial charge on any atom is -0.371 e. The zero-order valence-corrected chi connectivity index (χ0v) is 19.4. The predicted octanol–water partition coefficient (Wildman–Crippen LogP) is 3.93. The van der Waals surface area contributed by atoms with Crippen molar-refractivity contribution in [1.82, 2.24) is 25.1 Å². The molecule has 0 radical (unpaired) electrons. The molecule has 0 aliphatic carbocycles. The Morgan fingerprint density at radius 3 is 2.67 bits per heavy atom. The average molecular weight is 456 g/mol. The summed E-state index contributed by atoms with van der Waals surface area (Å²) in [5.74, 6) is -1.43. The van der Waals surface area contributed by atoms with Crippen LogP contribution in [0.4, 0.5) is 14.6 Å². The zero-order chi connectivity index (χ0) is 23.6. The first-order valence-electron chi connectivity index (χ1n) is 11.2. The number of aliphatic imine (C=N–C) groups is 1. The van der Waals surface area contributed by atoms with E-state index in [-0.39, 0.29) is 17.1 Å². The van der Waals surface area contributed by atoms with Crippen molar-refractivity contribution < 1.29 is 8.78 Å². The van der Waals surface area contributed by atoms with Crippen LogP contribution in [0, 0.1) is 0 Å². The number of fused-ring (bicyclic) bond motifs is 1. The average Bonchev–Trinajstić information content (AvgIpc) is 3.21. The van der Waals surface area contributed by atoms with E-state index in [1.807, 2.05) is 13.1 Å². The lowest BCUT2D eigenvalue weighted by Gasteiger charge is -2.37. The molecule has 1 aromatic heterocycles. The number of aromatic nitrogens is 2. The van der Waals surface area contributed by atoms with Gasteiger partial charge in [0.25, 0.3) is 5.92 Å². The molecule has 3 heterocycles. The number of piperazine rings is 1. The Hall–Kier alpha value is -3.07. The summed E-state index contributed by atoms with van der Waals surface area (Å²) in [4.78, 5) is 17.7. The molecule has 7 nitrogen and oxygen atoms in total. The van der Waals surface area contributed by atoms with Crippen molar-refractivity contribution in [2.75, 3.05) is 38.0 Å². The minimum atomic E-state index is -2.96. The van der Waals surface area contributed by atoms with Crippen molar-refractivity contribution in [2.45, 2.75) is 39.2 Å². The van der Waals surface area contributed by atoms with E-state index in [1.165, 1.54) is 18.1 Å². The Morgan fingerprint density at radius 2 is 1.97 bits per heavy atom. The quantitative estimate of drug-likeness (QED) is 0.660. The fourth-order valence-corrected chi connectivity index (χ4v) is 4.37. The van der Waals surface area contributed by atoms with Crippen molar-refractivity contribution in [3.05, 3.63) is 54.3 Å². The number of para-hydroxylation sites is 1. The first kappa shape index (κ1) is 23.1. The van der Waals surface area contributed by atoms with Crippen molar-refractivity contribution in [3.8, 4) is 0 Å². The number of anilines is 1. The van der Waals surface area contributed by atoms with E-state index >= 15 is 0 Å². The summed E-state index contributed by atoms with van der Waals surface area (Å²) in [6.07, 6.45) is 4.10. The number of nitrogens with zero attached hydrogens (tertiary/aromatic N) is 5. The van der Waals surface area contributed by atoms with Gasteiger partial charge in [-0.15, -0.1) is 0 Å². The molecule has 33 heavy (non-hydrogen) atoms. The van der Waals surface area contributed by atoms with Gasteiger partial charge in [-0.3, -0.25) is 4.90 Å². The standard InChI is InChI=1S/C24H31F2N7/c1-16(2)30-21-12-18(13-27-21)33-10-8-32(9-11-33)14-17(3)31-23-19-6-5-7-20(24(4,25)26)22(19)28-15-29-23/h5-7,13,15,17H,1,8-12,14H2,2-4H3,(H,27,30)(H,28,29,31)/t17-/m0/s1. The Labute approximate surface area is 193 Å². The van der Waals surface area contributed by atoms with Gasteiger partial charge in [-0.05, 0) is 19.9 Å². The Bertz CT molecular complexity index is 1080. The third kappa shape index (κ3) is 5.47. The SMILES string of the molecule is C=C(C)NC1=NC=C(N2CCN(C[C@H](C)Nc3ncnc4c(C(C)(F)F)cccc34)CC2)C1. The van der Waals surface area contributed by atoms with Crippen LogP contribution in [0.25, 0.3) is 10.9 Å². The summed E-state index contributed by atoms with van der Waals surface area (Å²) in [6, 6.07) is 4.93. The maximum Gasteiger partial charge on any atom is 0.272 e. The number of amidine groups is 1. The maximum atomic E-state index is 14.0. The zero-order valence-electron chi connectivity index (χ0n) is 19.4. The molecule has 2 aromatic rings. The fraction of sp³-hybridized carbons (Fsp3) is 0.458. The highest BCUT2D eigenvalue weighted by atomic mass is 19.3. The van der Waals surface area contributed by atoms with Gasteiger partial charge in [0.05, 0.1) is 5.52 Å². The molecule has 0 saturated carbocycles. The lowest BCUT2D eigenvalue weighted by molar-refractivity contribution is 0.0189.